The van der Waals surface area contributed by atoms with Crippen molar-refractivity contribution in [2.75, 3.05) is 6.54 Å². The second kappa shape index (κ2) is 11.7. The van der Waals surface area contributed by atoms with Crippen molar-refractivity contribution in [3.63, 3.8) is 0 Å². The van der Waals surface area contributed by atoms with Gasteiger partial charge in [-0.05, 0) is 93.0 Å². The van der Waals surface area contributed by atoms with E-state index < -0.39 is 18.4 Å². The zero-order chi connectivity index (χ0) is 26.6. The smallest absolute Gasteiger partial charge is 0.264 e. The number of halogens is 3. The maximum atomic E-state index is 13.6. The first-order valence-electron chi connectivity index (χ1n) is 12.8. The van der Waals surface area contributed by atoms with Gasteiger partial charge in [-0.1, -0.05) is 28.4 Å². The number of amides is 1. The van der Waals surface area contributed by atoms with Gasteiger partial charge in [0.05, 0.1) is 12.1 Å². The molecule has 1 aromatic heterocycles. The number of ketones is 1. The molecule has 1 N–H and O–H groups in total. The van der Waals surface area contributed by atoms with Crippen LogP contribution in [0, 0.1) is 12.8 Å². The van der Waals surface area contributed by atoms with E-state index in [1.807, 2.05) is 42.1 Å². The van der Waals surface area contributed by atoms with Gasteiger partial charge < -0.3 is 5.32 Å². The van der Waals surface area contributed by atoms with Gasteiger partial charge in [0, 0.05) is 40.1 Å². The normalized spacial score (nSPS) is 17.6. The fourth-order valence-corrected chi connectivity index (χ4v) is 5.07. The summed E-state index contributed by atoms with van der Waals surface area (Å²) in [7, 11) is 0. The van der Waals surface area contributed by atoms with Gasteiger partial charge in [-0.15, -0.1) is 0 Å². The molecule has 1 amide bonds. The van der Waals surface area contributed by atoms with Crippen LogP contribution in [0.3, 0.4) is 0 Å². The Morgan fingerprint density at radius 2 is 1.92 bits per heavy atom. The van der Waals surface area contributed by atoms with Gasteiger partial charge in [0.25, 0.3) is 11.8 Å². The number of aryl methyl sites for hydroxylation is 1. The number of aromatic nitrogens is 2. The number of allylic oxidation sites excluding steroid dienone is 2. The Balaban J connectivity index is 1.40. The molecule has 1 aliphatic carbocycles. The number of hydrogen-bond donors (Lipinski definition) is 1. The average molecular weight is 572 g/mol. The lowest BCUT2D eigenvalue weighted by Crippen LogP contribution is -2.36. The van der Waals surface area contributed by atoms with E-state index in [-0.39, 0.29) is 12.2 Å². The Bertz CT molecular complexity index is 1310. The van der Waals surface area contributed by atoms with E-state index in [1.54, 1.807) is 18.2 Å². The first-order valence-corrected chi connectivity index (χ1v) is 13.6. The second-order valence-electron chi connectivity index (χ2n) is 9.88. The quantitative estimate of drug-likeness (QED) is 0.175. The van der Waals surface area contributed by atoms with Crippen molar-refractivity contribution < 1.29 is 18.4 Å². The van der Waals surface area contributed by atoms with Gasteiger partial charge in [0.1, 0.15) is 0 Å². The Morgan fingerprint density at radius 1 is 1.16 bits per heavy atom. The SMILES string of the molecule is CCC(F)(F)CNC(=O)c1ccc2nn(CC3CCCC(=CC(=O)c4ccc(Br)cc4)CC3)cc2c1C. The summed E-state index contributed by atoms with van der Waals surface area (Å²) in [6.45, 7) is 3.30. The van der Waals surface area contributed by atoms with Crippen molar-refractivity contribution in [3.05, 3.63) is 75.4 Å². The molecule has 1 atom stereocenters. The number of carbonyl (C=O) groups is 2. The average Bonchev–Trinajstić information content (AvgIpc) is 3.17. The van der Waals surface area contributed by atoms with Crippen molar-refractivity contribution in [2.45, 2.75) is 64.8 Å². The summed E-state index contributed by atoms with van der Waals surface area (Å²) >= 11 is 3.40. The summed E-state index contributed by atoms with van der Waals surface area (Å²) in [5, 5.41) is 7.91. The largest absolute Gasteiger partial charge is 0.346 e. The van der Waals surface area contributed by atoms with E-state index in [0.717, 1.165) is 59.6 Å². The van der Waals surface area contributed by atoms with E-state index in [2.05, 4.69) is 21.2 Å². The van der Waals surface area contributed by atoms with Crippen molar-refractivity contribution in [3.8, 4) is 0 Å². The van der Waals surface area contributed by atoms with Crippen LogP contribution in [0.2, 0.25) is 0 Å². The number of nitrogens with one attached hydrogen (secondary N) is 1. The molecule has 0 aliphatic heterocycles. The second-order valence-corrected chi connectivity index (χ2v) is 10.8. The van der Waals surface area contributed by atoms with E-state index in [9.17, 15) is 18.4 Å². The van der Waals surface area contributed by atoms with Gasteiger partial charge >= 0.3 is 0 Å². The molecular formula is C29H32BrF2N3O2. The summed E-state index contributed by atoms with van der Waals surface area (Å²) in [6, 6.07) is 10.9. The molecule has 2 aromatic carbocycles. The van der Waals surface area contributed by atoms with E-state index >= 15 is 0 Å². The zero-order valence-electron chi connectivity index (χ0n) is 21.2. The number of carbonyl (C=O) groups excluding carboxylic acids is 2. The minimum absolute atomic E-state index is 0.0491. The highest BCUT2D eigenvalue weighted by atomic mass is 79.9. The molecule has 0 saturated heterocycles. The summed E-state index contributed by atoms with van der Waals surface area (Å²) in [5.41, 5.74) is 3.79. The zero-order valence-corrected chi connectivity index (χ0v) is 22.8. The Kier molecular flexibility index (Phi) is 8.57. The minimum Gasteiger partial charge on any atom is -0.346 e. The molecule has 0 radical (unpaired) electrons. The number of hydrogen-bond acceptors (Lipinski definition) is 3. The minimum atomic E-state index is -2.92. The lowest BCUT2D eigenvalue weighted by Gasteiger charge is -2.15. The Hall–Kier alpha value is -2.87. The molecule has 37 heavy (non-hydrogen) atoms. The molecule has 196 valence electrons. The van der Waals surface area contributed by atoms with Crippen LogP contribution in [-0.2, 0) is 6.54 Å². The highest BCUT2D eigenvalue weighted by molar-refractivity contribution is 9.10. The van der Waals surface area contributed by atoms with Crippen LogP contribution < -0.4 is 5.32 Å². The maximum Gasteiger partial charge on any atom is 0.264 e. The van der Waals surface area contributed by atoms with Gasteiger partial charge in [0.15, 0.2) is 5.78 Å². The number of alkyl halides is 2. The molecule has 1 unspecified atom stereocenters. The Morgan fingerprint density at radius 3 is 2.65 bits per heavy atom. The van der Waals surface area contributed by atoms with Gasteiger partial charge in [0.2, 0.25) is 0 Å². The summed E-state index contributed by atoms with van der Waals surface area (Å²) < 4.78 is 30.0. The number of fused-ring (bicyclic) bond motifs is 1. The summed E-state index contributed by atoms with van der Waals surface area (Å²) in [6.07, 6.45) is 8.30. The van der Waals surface area contributed by atoms with Crippen LogP contribution in [0.4, 0.5) is 8.78 Å². The van der Waals surface area contributed by atoms with Crippen LogP contribution in [0.25, 0.3) is 10.9 Å². The van der Waals surface area contributed by atoms with Crippen LogP contribution in [0.1, 0.15) is 71.7 Å². The van der Waals surface area contributed by atoms with Crippen LogP contribution in [0.15, 0.2) is 58.7 Å². The molecular weight excluding hydrogens is 540 g/mol. The summed E-state index contributed by atoms with van der Waals surface area (Å²) in [4.78, 5) is 25.2. The van der Waals surface area contributed by atoms with Crippen LogP contribution >= 0.6 is 15.9 Å². The third-order valence-corrected chi connectivity index (χ3v) is 7.70. The van der Waals surface area contributed by atoms with Crippen molar-refractivity contribution in [2.24, 2.45) is 5.92 Å². The maximum absolute atomic E-state index is 13.6. The van der Waals surface area contributed by atoms with Gasteiger partial charge in [-0.25, -0.2) is 8.78 Å². The molecule has 0 spiro atoms. The van der Waals surface area contributed by atoms with Gasteiger partial charge in [-0.2, -0.15) is 5.10 Å². The molecule has 1 heterocycles. The first kappa shape index (κ1) is 27.2. The van der Waals surface area contributed by atoms with Gasteiger partial charge in [-0.3, -0.25) is 14.3 Å². The highest BCUT2D eigenvalue weighted by Gasteiger charge is 2.27. The fraction of sp³-hybridized carbons (Fsp3) is 0.414. The van der Waals surface area contributed by atoms with Crippen molar-refractivity contribution in [1.29, 1.82) is 0 Å². The fourth-order valence-electron chi connectivity index (χ4n) is 4.80. The molecule has 5 nitrogen and oxygen atoms in total. The van der Waals surface area contributed by atoms with E-state index in [1.165, 1.54) is 12.5 Å². The molecule has 1 fully saturated rings. The van der Waals surface area contributed by atoms with E-state index in [4.69, 9.17) is 5.10 Å². The molecule has 1 aliphatic rings. The number of nitrogens with zero attached hydrogens (tertiary/aromatic N) is 2. The molecule has 0 bridgehead atoms. The van der Waals surface area contributed by atoms with E-state index in [0.29, 0.717) is 17.0 Å². The lowest BCUT2D eigenvalue weighted by atomic mass is 9.99. The predicted molar refractivity (Wildman–Crippen MR) is 145 cm³/mol. The molecule has 3 aromatic rings. The predicted octanol–water partition coefficient (Wildman–Crippen LogP) is 7.27. The monoisotopic (exact) mass is 571 g/mol. The Labute approximate surface area is 224 Å². The molecule has 4 rings (SSSR count). The standard InChI is InChI=1S/C29H32BrF2N3O2/c1-3-29(31,32)18-33-28(37)24-13-14-26-25(19(24)2)17-35(34-26)16-21-6-4-5-20(7-8-21)15-27(36)22-9-11-23(30)12-10-22/h9-15,17,21H,3-8,16,18H2,1-2H3,(H,33,37). The third-order valence-electron chi connectivity index (χ3n) is 7.17. The number of rotatable bonds is 8. The summed E-state index contributed by atoms with van der Waals surface area (Å²) in [5.74, 6) is -2.94. The molecule has 1 saturated carbocycles. The molecule has 8 heteroatoms. The number of benzene rings is 2. The van der Waals surface area contributed by atoms with Crippen molar-refractivity contribution in [1.82, 2.24) is 15.1 Å². The van der Waals surface area contributed by atoms with Crippen molar-refractivity contribution >= 4 is 38.5 Å². The topological polar surface area (TPSA) is 64.0 Å². The van der Waals surface area contributed by atoms with Crippen LogP contribution in [0.5, 0.6) is 0 Å². The first-order chi connectivity index (χ1) is 17.6. The highest BCUT2D eigenvalue weighted by Crippen LogP contribution is 2.29. The lowest BCUT2D eigenvalue weighted by molar-refractivity contribution is -0.00102. The third kappa shape index (κ3) is 6.92. The van der Waals surface area contributed by atoms with Crippen LogP contribution in [-0.4, -0.2) is 33.9 Å².